The summed E-state index contributed by atoms with van der Waals surface area (Å²) in [6.45, 7) is 13.3. The van der Waals surface area contributed by atoms with E-state index in [0.29, 0.717) is 0 Å². The summed E-state index contributed by atoms with van der Waals surface area (Å²) in [5.41, 5.74) is 12.2. The van der Waals surface area contributed by atoms with E-state index in [0.717, 1.165) is 14.6 Å². The van der Waals surface area contributed by atoms with Gasteiger partial charge in [0.2, 0.25) is 0 Å². The lowest BCUT2D eigenvalue weighted by Gasteiger charge is -2.39. The van der Waals surface area contributed by atoms with Gasteiger partial charge in [0.25, 0.3) is 10.4 Å². The molecule has 0 N–H and O–H groups in total. The van der Waals surface area contributed by atoms with Crippen LogP contribution in [0.5, 0.6) is 0 Å². The van der Waals surface area contributed by atoms with Crippen molar-refractivity contribution < 1.29 is 0 Å². The average molecular weight is 361 g/mol. The number of nitrogens with zero attached hydrogens (tertiary/aromatic N) is 1. The molecule has 0 amide bonds. The van der Waals surface area contributed by atoms with Crippen LogP contribution in [0.2, 0.25) is 0 Å². The highest BCUT2D eigenvalue weighted by molar-refractivity contribution is 6.22. The zero-order valence-electron chi connectivity index (χ0n) is 17.1. The summed E-state index contributed by atoms with van der Waals surface area (Å²) in [4.78, 5) is 0. The predicted octanol–water partition coefficient (Wildman–Crippen LogP) is 5.79. The Morgan fingerprint density at radius 2 is 0.769 bits per heavy atom. The molecular formula is C24H30NSi+. The largest absolute Gasteiger partial charge is 0.291 e. The molecule has 2 heteroatoms. The number of quaternary nitrogens is 1. The zero-order chi connectivity index (χ0) is 19.1. The first-order valence-corrected chi connectivity index (χ1v) is 10.2. The highest BCUT2D eigenvalue weighted by Crippen LogP contribution is 2.46. The molecule has 0 aromatic heterocycles. The highest BCUT2D eigenvalue weighted by atomic mass is 28.2. The first-order chi connectivity index (χ1) is 12.2. The van der Waals surface area contributed by atoms with E-state index >= 15 is 0 Å². The van der Waals surface area contributed by atoms with Gasteiger partial charge in [-0.15, -0.1) is 0 Å². The first-order valence-electron chi connectivity index (χ1n) is 9.33. The SMILES string of the molecule is Cc1ccc(C)c([N+]([SiH3])(c2cc(C)ccc2C)c2cc(C)ccc2C)c1. The summed E-state index contributed by atoms with van der Waals surface area (Å²) < 4.78 is 0.828. The van der Waals surface area contributed by atoms with E-state index in [4.69, 9.17) is 0 Å². The fraction of sp³-hybridized carbons (Fsp3) is 0.250. The van der Waals surface area contributed by atoms with Gasteiger partial charge in [0.1, 0.15) is 17.1 Å². The van der Waals surface area contributed by atoms with Gasteiger partial charge in [0.15, 0.2) is 0 Å². The summed E-state index contributed by atoms with van der Waals surface area (Å²) in [5, 5.41) is 0. The molecule has 0 aliphatic carbocycles. The van der Waals surface area contributed by atoms with Crippen LogP contribution in [0, 0.1) is 41.5 Å². The molecule has 0 bridgehead atoms. The normalized spacial score (nSPS) is 11.8. The third-order valence-corrected chi connectivity index (χ3v) is 6.98. The van der Waals surface area contributed by atoms with Crippen LogP contribution in [0.25, 0.3) is 0 Å². The van der Waals surface area contributed by atoms with Crippen LogP contribution in [0.3, 0.4) is 0 Å². The standard InChI is InChI=1S/C24H30NSi/c1-16-7-10-19(4)22(13-16)25(26,23-14-17(2)8-11-20(23)5)24-15-18(3)9-12-21(24)6/h7-15H,1-6,26H3/q+1. The summed E-state index contributed by atoms with van der Waals surface area (Å²) >= 11 is 0. The molecule has 0 heterocycles. The molecule has 0 saturated carbocycles. The van der Waals surface area contributed by atoms with Crippen molar-refractivity contribution in [2.45, 2.75) is 41.5 Å². The Kier molecular flexibility index (Phi) is 4.91. The highest BCUT2D eigenvalue weighted by Gasteiger charge is 2.34. The third kappa shape index (κ3) is 3.15. The molecule has 3 aromatic rings. The van der Waals surface area contributed by atoms with Crippen LogP contribution in [0.15, 0.2) is 54.6 Å². The minimum atomic E-state index is 0.828. The predicted molar refractivity (Wildman–Crippen MR) is 119 cm³/mol. The average Bonchev–Trinajstić information content (AvgIpc) is 2.60. The Morgan fingerprint density at radius 1 is 0.500 bits per heavy atom. The Hall–Kier alpha value is -2.16. The van der Waals surface area contributed by atoms with E-state index in [-0.39, 0.29) is 0 Å². The fourth-order valence-corrected chi connectivity index (χ4v) is 5.44. The molecule has 0 aliphatic heterocycles. The number of rotatable bonds is 3. The molecule has 1 nitrogen and oxygen atoms in total. The molecule has 0 fully saturated rings. The second kappa shape index (κ2) is 6.86. The lowest BCUT2D eigenvalue weighted by Crippen LogP contribution is -2.38. The quantitative estimate of drug-likeness (QED) is 0.519. The molecule has 0 saturated heterocycles. The lowest BCUT2D eigenvalue weighted by molar-refractivity contribution is 0.783. The number of benzene rings is 3. The maximum atomic E-state index is 2.38. The van der Waals surface area contributed by atoms with Gasteiger partial charge in [-0.3, -0.25) is 4.15 Å². The van der Waals surface area contributed by atoms with Crippen LogP contribution in [-0.4, -0.2) is 10.4 Å². The van der Waals surface area contributed by atoms with Crippen LogP contribution in [0.1, 0.15) is 33.4 Å². The Labute approximate surface area is 161 Å². The van der Waals surface area contributed by atoms with Crippen molar-refractivity contribution in [3.05, 3.63) is 88.0 Å². The maximum Gasteiger partial charge on any atom is 0.254 e. The topological polar surface area (TPSA) is 0 Å². The van der Waals surface area contributed by atoms with E-state index in [2.05, 4.69) is 96.1 Å². The number of hydrogen-bond donors (Lipinski definition) is 0. The monoisotopic (exact) mass is 360 g/mol. The van der Waals surface area contributed by atoms with Gasteiger partial charge < -0.3 is 0 Å². The minimum absolute atomic E-state index is 0.828. The molecule has 0 radical (unpaired) electrons. The van der Waals surface area contributed by atoms with E-state index in [9.17, 15) is 0 Å². The molecular weight excluding hydrogens is 330 g/mol. The van der Waals surface area contributed by atoms with Gasteiger partial charge in [-0.05, 0) is 58.2 Å². The van der Waals surface area contributed by atoms with Crippen LogP contribution in [0.4, 0.5) is 17.1 Å². The lowest BCUT2D eigenvalue weighted by atomic mass is 10.0. The van der Waals surface area contributed by atoms with Crippen LogP contribution < -0.4 is 4.15 Å². The Morgan fingerprint density at radius 3 is 1.04 bits per heavy atom. The molecule has 0 atom stereocenters. The van der Waals surface area contributed by atoms with Gasteiger partial charge >= 0.3 is 0 Å². The van der Waals surface area contributed by atoms with Crippen molar-refractivity contribution in [2.75, 3.05) is 0 Å². The third-order valence-electron chi connectivity index (χ3n) is 5.54. The molecule has 3 aromatic carbocycles. The van der Waals surface area contributed by atoms with Crippen LogP contribution >= 0.6 is 0 Å². The second-order valence-corrected chi connectivity index (χ2v) is 9.22. The van der Waals surface area contributed by atoms with Crippen molar-refractivity contribution in [2.24, 2.45) is 0 Å². The molecule has 134 valence electrons. The van der Waals surface area contributed by atoms with E-state index in [1.807, 2.05) is 0 Å². The number of aryl methyl sites for hydroxylation is 6. The van der Waals surface area contributed by atoms with Crippen molar-refractivity contribution in [3.63, 3.8) is 0 Å². The van der Waals surface area contributed by atoms with Crippen molar-refractivity contribution >= 4 is 27.5 Å². The summed E-state index contributed by atoms with van der Waals surface area (Å²) in [7, 11) is 0.958. The van der Waals surface area contributed by atoms with Gasteiger partial charge in [0, 0.05) is 34.9 Å². The summed E-state index contributed by atoms with van der Waals surface area (Å²) in [6.07, 6.45) is 0. The zero-order valence-corrected chi connectivity index (χ0v) is 19.1. The van der Waals surface area contributed by atoms with Crippen molar-refractivity contribution in [3.8, 4) is 0 Å². The fourth-order valence-electron chi connectivity index (χ4n) is 3.99. The van der Waals surface area contributed by atoms with Gasteiger partial charge in [-0.2, -0.15) is 0 Å². The number of hydrogen-bond acceptors (Lipinski definition) is 0. The molecule has 0 aliphatic rings. The Balaban J connectivity index is 2.45. The Bertz CT molecular complexity index is 847. The van der Waals surface area contributed by atoms with Crippen molar-refractivity contribution in [1.29, 1.82) is 0 Å². The molecule has 0 spiro atoms. The van der Waals surface area contributed by atoms with Gasteiger partial charge in [-0.25, -0.2) is 0 Å². The molecule has 0 unspecified atom stereocenters. The van der Waals surface area contributed by atoms with Gasteiger partial charge in [-0.1, -0.05) is 36.4 Å². The van der Waals surface area contributed by atoms with Crippen LogP contribution in [-0.2, 0) is 0 Å². The summed E-state index contributed by atoms with van der Waals surface area (Å²) in [6, 6.07) is 20.6. The second-order valence-electron chi connectivity index (χ2n) is 7.88. The molecule has 3 rings (SSSR count). The summed E-state index contributed by atoms with van der Waals surface area (Å²) in [5.74, 6) is 0. The van der Waals surface area contributed by atoms with Crippen molar-refractivity contribution in [1.82, 2.24) is 4.15 Å². The van der Waals surface area contributed by atoms with E-state index < -0.39 is 0 Å². The van der Waals surface area contributed by atoms with E-state index in [1.54, 1.807) is 0 Å². The maximum absolute atomic E-state index is 2.38. The smallest absolute Gasteiger partial charge is 0.254 e. The van der Waals surface area contributed by atoms with E-state index in [1.165, 1.54) is 50.4 Å². The van der Waals surface area contributed by atoms with Gasteiger partial charge in [0.05, 0.1) is 0 Å². The first kappa shape index (κ1) is 18.6. The minimum Gasteiger partial charge on any atom is -0.291 e. The molecule has 26 heavy (non-hydrogen) atoms.